The Labute approximate surface area is 241 Å². The van der Waals surface area contributed by atoms with Crippen LogP contribution >= 0.6 is 39.0 Å². The number of hydrogen-bond donors (Lipinski definition) is 1. The number of carbonyl (C=O) groups excluding carboxylic acids is 2. The molecular formula is C31H23BrN2O3S2. The van der Waals surface area contributed by atoms with Crippen LogP contribution < -0.4 is 9.77 Å². The Balaban J connectivity index is 1.19. The van der Waals surface area contributed by atoms with Crippen molar-refractivity contribution in [3.05, 3.63) is 103 Å². The highest BCUT2D eigenvalue weighted by atomic mass is 79.9. The third-order valence-corrected chi connectivity index (χ3v) is 12.3. The summed E-state index contributed by atoms with van der Waals surface area (Å²) in [6.45, 7) is 0. The van der Waals surface area contributed by atoms with Gasteiger partial charge in [-0.05, 0) is 65.1 Å². The number of aromatic nitrogens is 1. The van der Waals surface area contributed by atoms with Gasteiger partial charge in [-0.2, -0.15) is 0 Å². The number of H-pyrrole nitrogens is 1. The molecule has 8 rings (SSSR count). The summed E-state index contributed by atoms with van der Waals surface area (Å²) < 4.78 is 0.911. The number of thiazole rings is 1. The average molecular weight is 616 g/mol. The number of nitrogens with one attached hydrogen (secondary N) is 1. The molecule has 5 nitrogen and oxygen atoms in total. The predicted molar refractivity (Wildman–Crippen MR) is 157 cm³/mol. The van der Waals surface area contributed by atoms with E-state index in [2.05, 4.69) is 57.3 Å². The molecule has 194 valence electrons. The van der Waals surface area contributed by atoms with Gasteiger partial charge < -0.3 is 4.98 Å². The highest BCUT2D eigenvalue weighted by Gasteiger charge is 2.69. The number of rotatable bonds is 3. The third-order valence-electron chi connectivity index (χ3n) is 9.19. The van der Waals surface area contributed by atoms with Crippen LogP contribution in [0.5, 0.6) is 0 Å². The maximum atomic E-state index is 13.9. The predicted octanol–water partition coefficient (Wildman–Crippen LogP) is 6.54. The van der Waals surface area contributed by atoms with Crippen LogP contribution in [0.25, 0.3) is 11.1 Å². The quantitative estimate of drug-likeness (QED) is 0.266. The van der Waals surface area contributed by atoms with Crippen LogP contribution in [0, 0.1) is 29.6 Å². The minimum absolute atomic E-state index is 0.0283. The van der Waals surface area contributed by atoms with Gasteiger partial charge in [-0.3, -0.25) is 19.3 Å². The van der Waals surface area contributed by atoms with Gasteiger partial charge in [0.1, 0.15) is 0 Å². The molecule has 3 aromatic carbocycles. The van der Waals surface area contributed by atoms with Crippen molar-refractivity contribution in [1.82, 2.24) is 4.98 Å². The molecule has 2 aliphatic heterocycles. The van der Waals surface area contributed by atoms with Crippen molar-refractivity contribution >= 4 is 56.5 Å². The van der Waals surface area contributed by atoms with E-state index in [0.717, 1.165) is 26.4 Å². The topological polar surface area (TPSA) is 70.2 Å². The highest BCUT2D eigenvalue weighted by molar-refractivity contribution is 9.10. The Hall–Kier alpha value is -2.94. The summed E-state index contributed by atoms with van der Waals surface area (Å²) in [4.78, 5) is 45.7. The van der Waals surface area contributed by atoms with Gasteiger partial charge in [0.15, 0.2) is 0 Å². The van der Waals surface area contributed by atoms with Gasteiger partial charge in [-0.1, -0.05) is 81.9 Å². The zero-order chi connectivity index (χ0) is 26.4. The lowest BCUT2D eigenvalue weighted by Crippen LogP contribution is -2.42. The first-order valence-corrected chi connectivity index (χ1v) is 15.7. The summed E-state index contributed by atoms with van der Waals surface area (Å²) in [6.07, 6.45) is 0.890. The summed E-state index contributed by atoms with van der Waals surface area (Å²) in [5.74, 6) is -0.246. The first-order valence-electron chi connectivity index (χ1n) is 13.2. The third kappa shape index (κ3) is 3.47. The number of anilines is 1. The van der Waals surface area contributed by atoms with Gasteiger partial charge in [-0.25, -0.2) is 0 Å². The van der Waals surface area contributed by atoms with Gasteiger partial charge in [0.05, 0.1) is 22.5 Å². The minimum Gasteiger partial charge on any atom is -0.307 e. The van der Waals surface area contributed by atoms with Gasteiger partial charge in [0.25, 0.3) is 0 Å². The number of nitrogens with zero attached hydrogens (tertiary/aromatic N) is 1. The van der Waals surface area contributed by atoms with Crippen LogP contribution in [0.4, 0.5) is 5.69 Å². The smallest absolute Gasteiger partial charge is 0.305 e. The molecular weight excluding hydrogens is 592 g/mol. The van der Waals surface area contributed by atoms with Gasteiger partial charge >= 0.3 is 4.87 Å². The van der Waals surface area contributed by atoms with Gasteiger partial charge in [-0.15, -0.1) is 11.8 Å². The van der Waals surface area contributed by atoms with Crippen molar-refractivity contribution in [2.45, 2.75) is 22.6 Å². The average Bonchev–Trinajstić information content (AvgIpc) is 3.69. The molecule has 4 aromatic rings. The molecule has 4 aliphatic rings. The molecule has 0 radical (unpaired) electrons. The van der Waals surface area contributed by atoms with Crippen LogP contribution in [0.3, 0.4) is 0 Å². The van der Waals surface area contributed by atoms with Crippen LogP contribution in [-0.4, -0.2) is 22.0 Å². The lowest BCUT2D eigenvalue weighted by Gasteiger charge is -2.43. The van der Waals surface area contributed by atoms with E-state index in [1.54, 1.807) is 11.8 Å². The zero-order valence-corrected chi connectivity index (χ0v) is 23.8. The summed E-state index contributed by atoms with van der Waals surface area (Å²) in [6, 6.07) is 26.4. The van der Waals surface area contributed by atoms with E-state index < -0.39 is 0 Å². The Morgan fingerprint density at radius 1 is 0.795 bits per heavy atom. The maximum Gasteiger partial charge on any atom is 0.305 e. The fraction of sp³-hybridized carbons (Fsp3) is 0.258. The lowest BCUT2D eigenvalue weighted by atomic mass is 9.68. The second-order valence-corrected chi connectivity index (χ2v) is 14.1. The lowest BCUT2D eigenvalue weighted by molar-refractivity contribution is -0.123. The van der Waals surface area contributed by atoms with Crippen molar-refractivity contribution in [2.24, 2.45) is 29.6 Å². The van der Waals surface area contributed by atoms with E-state index in [1.165, 1.54) is 27.4 Å². The molecule has 1 N–H and O–H groups in total. The summed E-state index contributed by atoms with van der Waals surface area (Å²) in [5.41, 5.74) is 4.14. The second-order valence-electron chi connectivity index (χ2n) is 10.9. The fourth-order valence-electron chi connectivity index (χ4n) is 7.75. The summed E-state index contributed by atoms with van der Waals surface area (Å²) in [5, 5.41) is 1.13. The molecule has 39 heavy (non-hydrogen) atoms. The fourth-order valence-corrected chi connectivity index (χ4v) is 10.9. The Morgan fingerprint density at radius 3 is 2.18 bits per heavy atom. The summed E-state index contributed by atoms with van der Waals surface area (Å²) >= 11 is 6.47. The van der Waals surface area contributed by atoms with Crippen LogP contribution in [0.1, 0.15) is 22.8 Å². The number of benzene rings is 3. The van der Waals surface area contributed by atoms with E-state index >= 15 is 0 Å². The molecule has 2 saturated carbocycles. The van der Waals surface area contributed by atoms with Crippen molar-refractivity contribution in [1.29, 1.82) is 0 Å². The van der Waals surface area contributed by atoms with Crippen LogP contribution in [0.2, 0.25) is 0 Å². The van der Waals surface area contributed by atoms with Crippen LogP contribution in [-0.2, 0) is 9.59 Å². The molecule has 7 atom stereocenters. The van der Waals surface area contributed by atoms with Gasteiger partial charge in [0, 0.05) is 20.5 Å². The number of imide groups is 1. The molecule has 1 aromatic heterocycles. The van der Waals surface area contributed by atoms with Crippen molar-refractivity contribution in [3.63, 3.8) is 0 Å². The van der Waals surface area contributed by atoms with Crippen molar-refractivity contribution < 1.29 is 9.59 Å². The van der Waals surface area contributed by atoms with E-state index in [0.29, 0.717) is 5.69 Å². The largest absolute Gasteiger partial charge is 0.307 e. The van der Waals surface area contributed by atoms with E-state index in [9.17, 15) is 14.4 Å². The van der Waals surface area contributed by atoms with E-state index in [-0.39, 0.29) is 57.4 Å². The molecule has 2 bridgehead atoms. The number of aromatic amines is 1. The van der Waals surface area contributed by atoms with Crippen molar-refractivity contribution in [3.8, 4) is 11.1 Å². The molecule has 2 aliphatic carbocycles. The van der Waals surface area contributed by atoms with E-state index in [1.807, 2.05) is 42.5 Å². The number of hydrogen-bond acceptors (Lipinski definition) is 5. The molecule has 1 saturated heterocycles. The normalized spacial score (nSPS) is 30.4. The number of thioether (sulfide) groups is 1. The molecule has 0 spiro atoms. The molecule has 8 heteroatoms. The zero-order valence-electron chi connectivity index (χ0n) is 20.6. The highest BCUT2D eigenvalue weighted by Crippen LogP contribution is 2.68. The molecule has 5 unspecified atom stereocenters. The monoisotopic (exact) mass is 614 g/mol. The number of fused-ring (bicyclic) bond motifs is 9. The Bertz CT molecular complexity index is 1680. The molecule has 2 amide bonds. The Morgan fingerprint density at radius 2 is 1.46 bits per heavy atom. The first kappa shape index (κ1) is 23.9. The second kappa shape index (κ2) is 8.78. The molecule has 3 heterocycles. The maximum absolute atomic E-state index is 13.9. The number of halogens is 1. The van der Waals surface area contributed by atoms with Crippen LogP contribution in [0.15, 0.2) is 93.2 Å². The SMILES string of the molecule is O=C1C2C(C(=O)N1c1ccc(Br)cc1)[C@@H]1C[C@H]2C2Sc3[nH]c(=O)sc3C(c3ccc(-c4ccccc4)cc3)C21. The number of amides is 2. The van der Waals surface area contributed by atoms with Gasteiger partial charge in [0.2, 0.25) is 11.8 Å². The number of carbonyl (C=O) groups is 2. The van der Waals surface area contributed by atoms with Crippen molar-refractivity contribution in [2.75, 3.05) is 4.90 Å². The minimum atomic E-state index is -0.295. The first-order chi connectivity index (χ1) is 19.0. The standard InChI is InChI=1S/C31H23BrN2O3S2/c32-18-10-12-19(13-11-18)34-29(35)24-20-14-21(25(24)30(34)36)26-23(20)22(27-28(38-26)33-31(37)39-27)17-8-6-16(7-9-17)15-4-2-1-3-5-15/h1-13,20-26H,14H2,(H,33,37)/t20-,21-,22?,23?,24?,25?,26?/m1/s1. The molecule has 3 fully saturated rings. The van der Waals surface area contributed by atoms with E-state index in [4.69, 9.17) is 0 Å². The summed E-state index contributed by atoms with van der Waals surface area (Å²) in [7, 11) is 0. The Kier molecular flexibility index (Phi) is 5.38.